The van der Waals surface area contributed by atoms with Crippen LogP contribution >= 0.6 is 0 Å². The Morgan fingerprint density at radius 3 is 2.31 bits per heavy atom. The lowest BCUT2D eigenvalue weighted by atomic mass is 10.1. The first-order valence-corrected chi connectivity index (χ1v) is 10.3. The number of benzene rings is 3. The molecular formula is C25H28N4O3. The summed E-state index contributed by atoms with van der Waals surface area (Å²) in [6.07, 6.45) is 0. The van der Waals surface area contributed by atoms with Crippen LogP contribution < -0.4 is 20.7 Å². The van der Waals surface area contributed by atoms with E-state index in [9.17, 15) is 9.59 Å². The summed E-state index contributed by atoms with van der Waals surface area (Å²) in [6.45, 7) is 1.13. The van der Waals surface area contributed by atoms with Gasteiger partial charge in [-0.2, -0.15) is 0 Å². The zero-order valence-corrected chi connectivity index (χ0v) is 18.5. The number of anilines is 2. The number of carbonyl (C=O) groups is 2. The summed E-state index contributed by atoms with van der Waals surface area (Å²) >= 11 is 0. The number of methoxy groups -OCH3 is 1. The second-order valence-corrected chi connectivity index (χ2v) is 7.63. The summed E-state index contributed by atoms with van der Waals surface area (Å²) in [4.78, 5) is 26.9. The fourth-order valence-corrected chi connectivity index (χ4v) is 3.14. The molecule has 166 valence electrons. The lowest BCUT2D eigenvalue weighted by Crippen LogP contribution is -2.28. The molecule has 0 aliphatic rings. The van der Waals surface area contributed by atoms with Crippen LogP contribution in [-0.4, -0.2) is 38.0 Å². The maximum atomic E-state index is 12.6. The van der Waals surface area contributed by atoms with Gasteiger partial charge in [-0.25, -0.2) is 4.79 Å². The summed E-state index contributed by atoms with van der Waals surface area (Å²) in [5.41, 5.74) is 3.88. The number of rotatable bonds is 8. The molecule has 3 aromatic carbocycles. The quantitative estimate of drug-likeness (QED) is 0.495. The predicted octanol–water partition coefficient (Wildman–Crippen LogP) is 4.33. The van der Waals surface area contributed by atoms with Gasteiger partial charge in [-0.3, -0.25) is 4.79 Å². The highest BCUT2D eigenvalue weighted by Gasteiger charge is 2.08. The van der Waals surface area contributed by atoms with Crippen LogP contribution in [0.25, 0.3) is 0 Å². The van der Waals surface area contributed by atoms with Crippen LogP contribution in [0.4, 0.5) is 16.2 Å². The van der Waals surface area contributed by atoms with Crippen molar-refractivity contribution in [2.24, 2.45) is 0 Å². The molecule has 7 nitrogen and oxygen atoms in total. The molecule has 0 saturated carbocycles. The van der Waals surface area contributed by atoms with Gasteiger partial charge in [-0.1, -0.05) is 30.3 Å². The van der Waals surface area contributed by atoms with E-state index in [4.69, 9.17) is 4.74 Å². The topological polar surface area (TPSA) is 82.7 Å². The fraction of sp³-hybridized carbons (Fsp3) is 0.200. The third-order valence-electron chi connectivity index (χ3n) is 4.68. The van der Waals surface area contributed by atoms with Gasteiger partial charge in [-0.05, 0) is 61.6 Å². The molecule has 32 heavy (non-hydrogen) atoms. The summed E-state index contributed by atoms with van der Waals surface area (Å²) in [5, 5.41) is 8.47. The van der Waals surface area contributed by atoms with Crippen LogP contribution in [-0.2, 0) is 13.1 Å². The zero-order valence-electron chi connectivity index (χ0n) is 18.5. The van der Waals surface area contributed by atoms with Gasteiger partial charge in [0.05, 0.1) is 7.11 Å². The third-order valence-corrected chi connectivity index (χ3v) is 4.68. The van der Waals surface area contributed by atoms with E-state index in [0.29, 0.717) is 17.0 Å². The van der Waals surface area contributed by atoms with Gasteiger partial charge in [0.15, 0.2) is 0 Å². The molecule has 3 amide bonds. The second kappa shape index (κ2) is 11.0. The van der Waals surface area contributed by atoms with Crippen molar-refractivity contribution in [3.05, 3.63) is 89.5 Å². The number of nitrogens with zero attached hydrogens (tertiary/aromatic N) is 1. The monoisotopic (exact) mass is 432 g/mol. The van der Waals surface area contributed by atoms with Gasteiger partial charge in [0.2, 0.25) is 0 Å². The third kappa shape index (κ3) is 6.85. The van der Waals surface area contributed by atoms with Crippen molar-refractivity contribution >= 4 is 23.3 Å². The van der Waals surface area contributed by atoms with E-state index >= 15 is 0 Å². The van der Waals surface area contributed by atoms with E-state index in [0.717, 1.165) is 17.8 Å². The molecule has 0 bridgehead atoms. The average Bonchev–Trinajstić information content (AvgIpc) is 2.79. The van der Waals surface area contributed by atoms with E-state index in [2.05, 4.69) is 20.9 Å². The maximum absolute atomic E-state index is 12.6. The highest BCUT2D eigenvalue weighted by Crippen LogP contribution is 2.17. The zero-order chi connectivity index (χ0) is 22.9. The van der Waals surface area contributed by atoms with Gasteiger partial charge >= 0.3 is 6.03 Å². The highest BCUT2D eigenvalue weighted by atomic mass is 16.5. The lowest BCUT2D eigenvalue weighted by Gasteiger charge is -2.11. The molecular weight excluding hydrogens is 404 g/mol. The van der Waals surface area contributed by atoms with Crippen molar-refractivity contribution in [1.82, 2.24) is 10.2 Å². The molecule has 0 heterocycles. The van der Waals surface area contributed by atoms with Gasteiger partial charge in [-0.15, -0.1) is 0 Å². The first-order chi connectivity index (χ1) is 15.4. The molecule has 0 unspecified atom stereocenters. The minimum absolute atomic E-state index is 0.201. The van der Waals surface area contributed by atoms with Crippen molar-refractivity contribution in [3.63, 3.8) is 0 Å². The Balaban J connectivity index is 1.55. The van der Waals surface area contributed by atoms with Crippen LogP contribution in [0.5, 0.6) is 5.75 Å². The van der Waals surface area contributed by atoms with Crippen molar-refractivity contribution in [3.8, 4) is 5.75 Å². The van der Waals surface area contributed by atoms with Crippen LogP contribution in [0.2, 0.25) is 0 Å². The number of hydrogen-bond donors (Lipinski definition) is 3. The van der Waals surface area contributed by atoms with E-state index in [1.165, 1.54) is 5.56 Å². The summed E-state index contributed by atoms with van der Waals surface area (Å²) in [7, 11) is 5.60. The Bertz CT molecular complexity index is 1060. The molecule has 3 N–H and O–H groups in total. The summed E-state index contributed by atoms with van der Waals surface area (Å²) in [5.74, 6) is 0.460. The van der Waals surface area contributed by atoms with Crippen LogP contribution in [0.1, 0.15) is 21.5 Å². The molecule has 0 aliphatic heterocycles. The van der Waals surface area contributed by atoms with Crippen molar-refractivity contribution in [2.45, 2.75) is 13.1 Å². The molecule has 0 spiro atoms. The standard InChI is InChI=1S/C25H28N4O3/c1-29(2)17-18-10-12-21(13-11-18)27-24(30)20-7-4-6-19(14-20)16-26-25(31)28-22-8-5-9-23(15-22)32-3/h4-15H,16-17H2,1-3H3,(H,27,30)(H2,26,28,31). The summed E-state index contributed by atoms with van der Waals surface area (Å²) in [6, 6.07) is 21.7. The Kier molecular flexibility index (Phi) is 7.83. The number of hydrogen-bond acceptors (Lipinski definition) is 4. The van der Waals surface area contributed by atoms with E-state index in [1.54, 1.807) is 49.6 Å². The molecule has 0 aliphatic carbocycles. The first-order valence-electron chi connectivity index (χ1n) is 10.3. The molecule has 0 aromatic heterocycles. The van der Waals surface area contributed by atoms with Crippen molar-refractivity contribution in [2.75, 3.05) is 31.8 Å². The van der Waals surface area contributed by atoms with E-state index in [1.807, 2.05) is 44.4 Å². The number of ether oxygens (including phenoxy) is 1. The van der Waals surface area contributed by atoms with Crippen molar-refractivity contribution in [1.29, 1.82) is 0 Å². The Morgan fingerprint density at radius 1 is 0.844 bits per heavy atom. The normalized spacial score (nSPS) is 10.5. The first kappa shape index (κ1) is 22.8. The highest BCUT2D eigenvalue weighted by molar-refractivity contribution is 6.04. The molecule has 0 radical (unpaired) electrons. The summed E-state index contributed by atoms with van der Waals surface area (Å²) < 4.78 is 5.15. The van der Waals surface area contributed by atoms with Gasteiger partial charge in [0.25, 0.3) is 5.91 Å². The fourth-order valence-electron chi connectivity index (χ4n) is 3.14. The lowest BCUT2D eigenvalue weighted by molar-refractivity contribution is 0.102. The maximum Gasteiger partial charge on any atom is 0.319 e. The Labute approximate surface area is 188 Å². The van der Waals surface area contributed by atoms with E-state index in [-0.39, 0.29) is 18.5 Å². The number of carbonyl (C=O) groups excluding carboxylic acids is 2. The molecule has 3 rings (SSSR count). The van der Waals surface area contributed by atoms with Gasteiger partial charge in [0.1, 0.15) is 5.75 Å². The number of urea groups is 1. The minimum Gasteiger partial charge on any atom is -0.497 e. The van der Waals surface area contributed by atoms with Gasteiger partial charge < -0.3 is 25.6 Å². The number of nitrogens with one attached hydrogen (secondary N) is 3. The molecule has 0 atom stereocenters. The Morgan fingerprint density at radius 2 is 1.59 bits per heavy atom. The van der Waals surface area contributed by atoms with Crippen LogP contribution in [0.3, 0.4) is 0 Å². The van der Waals surface area contributed by atoms with Crippen LogP contribution in [0.15, 0.2) is 72.8 Å². The van der Waals surface area contributed by atoms with Crippen LogP contribution in [0, 0.1) is 0 Å². The SMILES string of the molecule is COc1cccc(NC(=O)NCc2cccc(C(=O)Nc3ccc(CN(C)C)cc3)c2)c1. The molecule has 7 heteroatoms. The second-order valence-electron chi connectivity index (χ2n) is 7.63. The van der Waals surface area contributed by atoms with Gasteiger partial charge in [0, 0.05) is 36.1 Å². The van der Waals surface area contributed by atoms with E-state index < -0.39 is 0 Å². The molecule has 3 aromatic rings. The number of amides is 3. The smallest absolute Gasteiger partial charge is 0.319 e. The molecule has 0 saturated heterocycles. The largest absolute Gasteiger partial charge is 0.497 e. The average molecular weight is 433 g/mol. The predicted molar refractivity (Wildman–Crippen MR) is 127 cm³/mol. The van der Waals surface area contributed by atoms with Crippen molar-refractivity contribution < 1.29 is 14.3 Å². The Hall–Kier alpha value is -3.84. The minimum atomic E-state index is -0.342. The molecule has 0 fully saturated rings.